The number of ether oxygens (including phenoxy) is 1. The third kappa shape index (κ3) is 3.50. The maximum Gasteiger partial charge on any atom is 0.348 e. The van der Waals surface area contributed by atoms with Crippen LogP contribution in [0.5, 0.6) is 0 Å². The van der Waals surface area contributed by atoms with Gasteiger partial charge >= 0.3 is 5.97 Å². The van der Waals surface area contributed by atoms with Crippen LogP contribution in [0, 0.1) is 6.92 Å². The third-order valence-electron chi connectivity index (χ3n) is 3.27. The highest BCUT2D eigenvalue weighted by Crippen LogP contribution is 2.24. The summed E-state index contributed by atoms with van der Waals surface area (Å²) in [6.07, 6.45) is 3.53. The number of nitrogens with zero attached hydrogens (tertiary/aromatic N) is 2. The van der Waals surface area contributed by atoms with Crippen LogP contribution in [0.1, 0.15) is 39.3 Å². The molecule has 0 bridgehead atoms. The van der Waals surface area contributed by atoms with E-state index in [1.54, 1.807) is 12.1 Å². The average molecular weight is 332 g/mol. The lowest BCUT2D eigenvalue weighted by Gasteiger charge is -1.98. The van der Waals surface area contributed by atoms with E-state index in [1.807, 2.05) is 13.0 Å². The van der Waals surface area contributed by atoms with Crippen molar-refractivity contribution >= 4 is 17.3 Å². The zero-order chi connectivity index (χ0) is 16.2. The Kier molecular flexibility index (Phi) is 4.57. The van der Waals surface area contributed by atoms with Gasteiger partial charge in [0, 0.05) is 4.88 Å². The molecule has 120 valence electrons. The summed E-state index contributed by atoms with van der Waals surface area (Å²) in [5.41, 5.74) is 1.20. The Bertz CT molecular complexity index is 789. The maximum atomic E-state index is 12.1. The quantitative estimate of drug-likeness (QED) is 0.635. The lowest BCUT2D eigenvalue weighted by molar-refractivity contribution is 0.0444. The first-order chi connectivity index (χ1) is 11.2. The van der Waals surface area contributed by atoms with Gasteiger partial charge in [-0.1, -0.05) is 13.3 Å². The summed E-state index contributed by atoms with van der Waals surface area (Å²) < 4.78 is 15.8. The number of furan rings is 1. The summed E-state index contributed by atoms with van der Waals surface area (Å²) in [7, 11) is 0. The van der Waals surface area contributed by atoms with Gasteiger partial charge in [-0.25, -0.2) is 4.79 Å². The predicted molar refractivity (Wildman–Crippen MR) is 84.2 cm³/mol. The highest BCUT2D eigenvalue weighted by Gasteiger charge is 2.16. The Morgan fingerprint density at radius 3 is 3.00 bits per heavy atom. The number of carbonyl (C=O) groups is 1. The van der Waals surface area contributed by atoms with Crippen LogP contribution in [-0.2, 0) is 17.8 Å². The zero-order valence-corrected chi connectivity index (χ0v) is 13.7. The summed E-state index contributed by atoms with van der Waals surface area (Å²) in [6, 6.07) is 5.34. The van der Waals surface area contributed by atoms with Crippen LogP contribution in [-0.4, -0.2) is 16.2 Å². The van der Waals surface area contributed by atoms with E-state index in [0.717, 1.165) is 17.7 Å². The van der Waals surface area contributed by atoms with Gasteiger partial charge in [0.15, 0.2) is 12.4 Å². The van der Waals surface area contributed by atoms with Crippen LogP contribution in [0.2, 0.25) is 0 Å². The van der Waals surface area contributed by atoms with Crippen molar-refractivity contribution in [3.63, 3.8) is 0 Å². The van der Waals surface area contributed by atoms with E-state index in [9.17, 15) is 4.79 Å². The Morgan fingerprint density at radius 2 is 2.26 bits per heavy atom. The zero-order valence-electron chi connectivity index (χ0n) is 12.9. The molecule has 0 saturated carbocycles. The minimum atomic E-state index is -0.377. The second-order valence-corrected chi connectivity index (χ2v) is 6.25. The second-order valence-electron chi connectivity index (χ2n) is 5.00. The first-order valence-electron chi connectivity index (χ1n) is 7.30. The molecule has 0 aliphatic rings. The Morgan fingerprint density at radius 1 is 1.39 bits per heavy atom. The van der Waals surface area contributed by atoms with Crippen molar-refractivity contribution in [3.8, 4) is 11.7 Å². The Labute approximate surface area is 137 Å². The number of thiophene rings is 1. The average Bonchev–Trinajstić information content (AvgIpc) is 3.26. The summed E-state index contributed by atoms with van der Waals surface area (Å²) in [6.45, 7) is 4.06. The molecule has 23 heavy (non-hydrogen) atoms. The van der Waals surface area contributed by atoms with E-state index in [1.165, 1.54) is 23.2 Å². The first-order valence-corrected chi connectivity index (χ1v) is 8.11. The van der Waals surface area contributed by atoms with E-state index in [-0.39, 0.29) is 24.4 Å². The maximum absolute atomic E-state index is 12.1. The van der Waals surface area contributed by atoms with Crippen molar-refractivity contribution in [1.82, 2.24) is 10.2 Å². The van der Waals surface area contributed by atoms with E-state index in [4.69, 9.17) is 13.6 Å². The molecule has 6 nitrogen and oxygen atoms in total. The Balaban J connectivity index is 1.62. The highest BCUT2D eigenvalue weighted by atomic mass is 32.1. The third-order valence-corrected chi connectivity index (χ3v) is 4.34. The van der Waals surface area contributed by atoms with Gasteiger partial charge in [-0.05, 0) is 37.1 Å². The van der Waals surface area contributed by atoms with Gasteiger partial charge in [-0.2, -0.15) is 0 Å². The molecule has 3 rings (SSSR count). The predicted octanol–water partition coefficient (Wildman–Crippen LogP) is 4.01. The molecule has 0 aromatic carbocycles. The number of aromatic nitrogens is 2. The smallest absolute Gasteiger partial charge is 0.348 e. The molecular weight excluding hydrogens is 316 g/mol. The Hall–Kier alpha value is -2.41. The number of esters is 1. The number of hydrogen-bond acceptors (Lipinski definition) is 7. The van der Waals surface area contributed by atoms with Crippen LogP contribution in [0.25, 0.3) is 11.7 Å². The molecule has 7 heteroatoms. The van der Waals surface area contributed by atoms with E-state index in [2.05, 4.69) is 17.1 Å². The fourth-order valence-electron chi connectivity index (χ4n) is 2.15. The second kappa shape index (κ2) is 6.78. The monoisotopic (exact) mass is 332 g/mol. The number of rotatable bonds is 6. The molecule has 0 radical (unpaired) electrons. The van der Waals surface area contributed by atoms with Gasteiger partial charge in [0.1, 0.15) is 4.88 Å². The van der Waals surface area contributed by atoms with Crippen molar-refractivity contribution in [2.24, 2.45) is 0 Å². The van der Waals surface area contributed by atoms with Gasteiger partial charge in [0.25, 0.3) is 11.8 Å². The fraction of sp³-hybridized carbons (Fsp3) is 0.312. The molecule has 0 aliphatic heterocycles. The van der Waals surface area contributed by atoms with Crippen molar-refractivity contribution in [2.45, 2.75) is 33.3 Å². The highest BCUT2D eigenvalue weighted by molar-refractivity contribution is 7.14. The van der Waals surface area contributed by atoms with E-state index in [0.29, 0.717) is 10.6 Å². The molecule has 0 spiro atoms. The summed E-state index contributed by atoms with van der Waals surface area (Å²) in [4.78, 5) is 13.8. The molecule has 3 aromatic rings. The molecule has 0 atom stereocenters. The molecule has 0 aliphatic carbocycles. The lowest BCUT2D eigenvalue weighted by atomic mass is 10.1. The molecule has 3 heterocycles. The van der Waals surface area contributed by atoms with Crippen LogP contribution in [0.15, 0.2) is 33.3 Å². The summed E-state index contributed by atoms with van der Waals surface area (Å²) in [5.74, 6) is 0.594. The van der Waals surface area contributed by atoms with Gasteiger partial charge in [-0.15, -0.1) is 21.5 Å². The van der Waals surface area contributed by atoms with Crippen LogP contribution in [0.3, 0.4) is 0 Å². The number of hydrogen-bond donors (Lipinski definition) is 0. The van der Waals surface area contributed by atoms with Crippen LogP contribution >= 0.6 is 11.3 Å². The van der Waals surface area contributed by atoms with Crippen molar-refractivity contribution < 1.29 is 18.4 Å². The van der Waals surface area contributed by atoms with E-state index < -0.39 is 0 Å². The minimum Gasteiger partial charge on any atom is -0.459 e. The molecule has 3 aromatic heterocycles. The molecule has 0 fully saturated rings. The lowest BCUT2D eigenvalue weighted by Crippen LogP contribution is -2.03. The summed E-state index contributed by atoms with van der Waals surface area (Å²) in [5, 5.41) is 7.69. The van der Waals surface area contributed by atoms with Crippen molar-refractivity contribution in [3.05, 3.63) is 45.7 Å². The minimum absolute atomic E-state index is 0.0629. The fourth-order valence-corrected chi connectivity index (χ4v) is 3.11. The van der Waals surface area contributed by atoms with Gasteiger partial charge in [0.2, 0.25) is 0 Å². The van der Waals surface area contributed by atoms with Gasteiger partial charge in [-0.3, -0.25) is 0 Å². The largest absolute Gasteiger partial charge is 0.459 e. The molecule has 0 N–H and O–H groups in total. The van der Waals surface area contributed by atoms with Crippen molar-refractivity contribution in [1.29, 1.82) is 0 Å². The summed E-state index contributed by atoms with van der Waals surface area (Å²) >= 11 is 1.44. The molecule has 0 amide bonds. The molecule has 0 unspecified atom stereocenters. The molecular formula is C16H16N2O4S. The van der Waals surface area contributed by atoms with Gasteiger partial charge < -0.3 is 13.6 Å². The number of aryl methyl sites for hydroxylation is 2. The van der Waals surface area contributed by atoms with Crippen LogP contribution < -0.4 is 0 Å². The normalized spacial score (nSPS) is 10.9. The van der Waals surface area contributed by atoms with E-state index >= 15 is 0 Å². The topological polar surface area (TPSA) is 78.4 Å². The molecule has 0 saturated heterocycles. The van der Waals surface area contributed by atoms with Gasteiger partial charge in [0.05, 0.1) is 6.26 Å². The van der Waals surface area contributed by atoms with Crippen LogP contribution in [0.4, 0.5) is 0 Å². The first kappa shape index (κ1) is 15.5. The number of carbonyl (C=O) groups excluding carboxylic acids is 1. The van der Waals surface area contributed by atoms with Crippen molar-refractivity contribution in [2.75, 3.05) is 0 Å². The standard InChI is InChI=1S/C16H16N2O4S/c1-3-5-11-8-13(23-10(11)2)16(19)21-9-14-17-18-15(22-14)12-6-4-7-20-12/h4,6-8H,3,5,9H2,1-2H3. The SMILES string of the molecule is CCCc1cc(C(=O)OCc2nnc(-c3ccco3)o2)sc1C.